The first kappa shape index (κ1) is 12.8. The summed E-state index contributed by atoms with van der Waals surface area (Å²) in [6, 6.07) is 3.77. The zero-order valence-electron chi connectivity index (χ0n) is 10.2. The molecule has 88 valence electrons. The molecule has 1 aromatic heterocycles. The van der Waals surface area contributed by atoms with Gasteiger partial charge in [-0.3, -0.25) is 4.79 Å². The first-order chi connectivity index (χ1) is 7.74. The molecule has 0 atom stereocenters. The van der Waals surface area contributed by atoms with Crippen LogP contribution in [0.2, 0.25) is 0 Å². The Morgan fingerprint density at radius 2 is 2.25 bits per heavy atom. The summed E-state index contributed by atoms with van der Waals surface area (Å²) < 4.78 is 5.33. The van der Waals surface area contributed by atoms with Gasteiger partial charge in [-0.1, -0.05) is 25.8 Å². The number of hydrogen-bond donors (Lipinski definition) is 0. The molecule has 0 saturated heterocycles. The zero-order valence-corrected chi connectivity index (χ0v) is 10.2. The van der Waals surface area contributed by atoms with Crippen LogP contribution in [0.1, 0.15) is 51.7 Å². The summed E-state index contributed by atoms with van der Waals surface area (Å²) in [7, 11) is 0. The Kier molecular flexibility index (Phi) is 5.62. The van der Waals surface area contributed by atoms with E-state index in [4.69, 9.17) is 4.42 Å². The summed E-state index contributed by atoms with van der Waals surface area (Å²) in [4.78, 5) is 11.2. The Bertz CT molecular complexity index is 334. The van der Waals surface area contributed by atoms with Crippen LogP contribution in [0, 0.1) is 0 Å². The Morgan fingerprint density at radius 3 is 2.81 bits per heavy atom. The molecule has 0 spiro atoms. The van der Waals surface area contributed by atoms with E-state index in [1.165, 1.54) is 19.3 Å². The average Bonchev–Trinajstić information content (AvgIpc) is 2.75. The Morgan fingerprint density at radius 1 is 1.44 bits per heavy atom. The van der Waals surface area contributed by atoms with E-state index in [9.17, 15) is 4.79 Å². The number of carbonyl (C=O) groups excluding carboxylic acids is 1. The van der Waals surface area contributed by atoms with Crippen LogP contribution in [-0.4, -0.2) is 5.78 Å². The van der Waals surface area contributed by atoms with E-state index < -0.39 is 0 Å². The highest BCUT2D eigenvalue weighted by atomic mass is 16.3. The summed E-state index contributed by atoms with van der Waals surface area (Å²) in [5.41, 5.74) is 1.02. The van der Waals surface area contributed by atoms with Crippen molar-refractivity contribution in [3.05, 3.63) is 30.2 Å². The van der Waals surface area contributed by atoms with Crippen molar-refractivity contribution in [2.45, 2.75) is 46.0 Å². The van der Waals surface area contributed by atoms with E-state index in [1.807, 2.05) is 12.1 Å². The first-order valence-electron chi connectivity index (χ1n) is 5.96. The fourth-order valence-electron chi connectivity index (χ4n) is 1.66. The van der Waals surface area contributed by atoms with Crippen LogP contribution in [0.4, 0.5) is 0 Å². The van der Waals surface area contributed by atoms with E-state index >= 15 is 0 Å². The Balaban J connectivity index is 2.60. The first-order valence-corrected chi connectivity index (χ1v) is 5.96. The van der Waals surface area contributed by atoms with Gasteiger partial charge in [0, 0.05) is 6.42 Å². The predicted octanol–water partition coefficient (Wildman–Crippen LogP) is 4.22. The highest BCUT2D eigenvalue weighted by molar-refractivity contribution is 5.87. The van der Waals surface area contributed by atoms with Gasteiger partial charge < -0.3 is 4.42 Å². The summed E-state index contributed by atoms with van der Waals surface area (Å²) in [6.07, 6.45) is 8.92. The number of hydrogen-bond acceptors (Lipinski definition) is 2. The quantitative estimate of drug-likeness (QED) is 0.644. The molecule has 0 saturated carbocycles. The number of Topliss-reactive ketones (excluding diaryl/α,β-unsaturated/α-hetero) is 1. The second-order valence-corrected chi connectivity index (χ2v) is 4.08. The van der Waals surface area contributed by atoms with Gasteiger partial charge in [-0.25, -0.2) is 0 Å². The second kappa shape index (κ2) is 7.04. The van der Waals surface area contributed by atoms with Crippen LogP contribution in [0.3, 0.4) is 0 Å². The van der Waals surface area contributed by atoms with E-state index in [0.717, 1.165) is 17.8 Å². The highest BCUT2D eigenvalue weighted by Gasteiger charge is 2.06. The fraction of sp³-hybridized carbons (Fsp3) is 0.500. The molecule has 1 aromatic rings. The van der Waals surface area contributed by atoms with Crippen LogP contribution in [0.15, 0.2) is 28.9 Å². The maximum absolute atomic E-state index is 11.2. The molecule has 0 N–H and O–H groups in total. The third kappa shape index (κ3) is 4.47. The van der Waals surface area contributed by atoms with Crippen LogP contribution >= 0.6 is 0 Å². The minimum atomic E-state index is 0.179. The SMILES string of the molecule is CCCCC/C=C(/CC(C)=O)c1ccco1. The van der Waals surface area contributed by atoms with Crippen molar-refractivity contribution in [1.82, 2.24) is 0 Å². The lowest BCUT2D eigenvalue weighted by molar-refractivity contribution is -0.116. The predicted molar refractivity (Wildman–Crippen MR) is 66.1 cm³/mol. The Hall–Kier alpha value is -1.31. The lowest BCUT2D eigenvalue weighted by Crippen LogP contribution is -1.92. The maximum Gasteiger partial charge on any atom is 0.134 e. The molecule has 0 amide bonds. The lowest BCUT2D eigenvalue weighted by Gasteiger charge is -2.02. The molecule has 0 unspecified atom stereocenters. The fourth-order valence-corrected chi connectivity index (χ4v) is 1.66. The normalized spacial score (nSPS) is 11.8. The molecule has 0 fully saturated rings. The highest BCUT2D eigenvalue weighted by Crippen LogP contribution is 2.20. The largest absolute Gasteiger partial charge is 0.465 e. The van der Waals surface area contributed by atoms with E-state index in [2.05, 4.69) is 13.0 Å². The number of ketones is 1. The van der Waals surface area contributed by atoms with Gasteiger partial charge in [-0.2, -0.15) is 0 Å². The zero-order chi connectivity index (χ0) is 11.8. The molecule has 2 nitrogen and oxygen atoms in total. The van der Waals surface area contributed by atoms with E-state index in [0.29, 0.717) is 6.42 Å². The van der Waals surface area contributed by atoms with Gasteiger partial charge in [0.2, 0.25) is 0 Å². The smallest absolute Gasteiger partial charge is 0.134 e. The molecule has 1 rings (SSSR count). The molecule has 1 heterocycles. The van der Waals surface area contributed by atoms with Crippen LogP contribution in [0.25, 0.3) is 5.57 Å². The Labute approximate surface area is 97.3 Å². The van der Waals surface area contributed by atoms with Crippen molar-refractivity contribution in [3.8, 4) is 0 Å². The second-order valence-electron chi connectivity index (χ2n) is 4.08. The molecule has 2 heteroatoms. The number of rotatable bonds is 7. The maximum atomic E-state index is 11.2. The molecule has 0 aliphatic rings. The van der Waals surface area contributed by atoms with Gasteiger partial charge in [0.1, 0.15) is 11.5 Å². The summed E-state index contributed by atoms with van der Waals surface area (Å²) in [5.74, 6) is 1.00. The molecular weight excluding hydrogens is 200 g/mol. The molecule has 0 bridgehead atoms. The van der Waals surface area contributed by atoms with Crippen molar-refractivity contribution >= 4 is 11.4 Å². The van der Waals surface area contributed by atoms with Gasteiger partial charge in [-0.15, -0.1) is 0 Å². The average molecular weight is 220 g/mol. The van der Waals surface area contributed by atoms with Crippen molar-refractivity contribution < 1.29 is 9.21 Å². The molecule has 0 aliphatic carbocycles. The van der Waals surface area contributed by atoms with Crippen LogP contribution in [-0.2, 0) is 4.79 Å². The van der Waals surface area contributed by atoms with Crippen LogP contribution in [0.5, 0.6) is 0 Å². The van der Waals surface area contributed by atoms with Crippen molar-refractivity contribution in [2.24, 2.45) is 0 Å². The number of carbonyl (C=O) groups is 1. The van der Waals surface area contributed by atoms with Crippen molar-refractivity contribution in [1.29, 1.82) is 0 Å². The van der Waals surface area contributed by atoms with Gasteiger partial charge >= 0.3 is 0 Å². The van der Waals surface area contributed by atoms with Gasteiger partial charge in [0.05, 0.1) is 6.26 Å². The van der Waals surface area contributed by atoms with Gasteiger partial charge in [0.15, 0.2) is 0 Å². The third-order valence-corrected chi connectivity index (χ3v) is 2.48. The van der Waals surface area contributed by atoms with Crippen molar-refractivity contribution in [3.63, 3.8) is 0 Å². The van der Waals surface area contributed by atoms with Crippen LogP contribution < -0.4 is 0 Å². The van der Waals surface area contributed by atoms with Gasteiger partial charge in [-0.05, 0) is 37.5 Å². The summed E-state index contributed by atoms with van der Waals surface area (Å²) in [5, 5.41) is 0. The molecule has 0 radical (unpaired) electrons. The monoisotopic (exact) mass is 220 g/mol. The third-order valence-electron chi connectivity index (χ3n) is 2.48. The lowest BCUT2D eigenvalue weighted by atomic mass is 10.0. The summed E-state index contributed by atoms with van der Waals surface area (Å²) in [6.45, 7) is 3.80. The van der Waals surface area contributed by atoms with Crippen molar-refractivity contribution in [2.75, 3.05) is 0 Å². The standard InChI is InChI=1S/C14H20O2/c1-3-4-5-6-8-13(11-12(2)15)14-9-7-10-16-14/h7-10H,3-6,11H2,1-2H3/b13-8-. The molecular formula is C14H20O2. The van der Waals surface area contributed by atoms with E-state index in [-0.39, 0.29) is 5.78 Å². The molecule has 0 aromatic carbocycles. The van der Waals surface area contributed by atoms with E-state index in [1.54, 1.807) is 13.2 Å². The minimum Gasteiger partial charge on any atom is -0.465 e. The summed E-state index contributed by atoms with van der Waals surface area (Å²) >= 11 is 0. The minimum absolute atomic E-state index is 0.179. The number of allylic oxidation sites excluding steroid dienone is 2. The molecule has 0 aliphatic heterocycles. The topological polar surface area (TPSA) is 30.2 Å². The number of furan rings is 1. The van der Waals surface area contributed by atoms with Gasteiger partial charge in [0.25, 0.3) is 0 Å². The molecule has 16 heavy (non-hydrogen) atoms. The number of unbranched alkanes of at least 4 members (excludes halogenated alkanes) is 3.